The van der Waals surface area contributed by atoms with Crippen LogP contribution in [0.3, 0.4) is 0 Å². The van der Waals surface area contributed by atoms with E-state index in [9.17, 15) is 13.2 Å². The monoisotopic (exact) mass is 272 g/mol. The summed E-state index contributed by atoms with van der Waals surface area (Å²) in [6, 6.07) is 2.44. The van der Waals surface area contributed by atoms with Crippen LogP contribution in [-0.4, -0.2) is 44.3 Å². The van der Waals surface area contributed by atoms with Gasteiger partial charge in [-0.3, -0.25) is 0 Å². The second kappa shape index (κ2) is 5.34. The Morgan fingerprint density at radius 1 is 1.44 bits per heavy atom. The lowest BCUT2D eigenvalue weighted by Crippen LogP contribution is -2.20. The number of carboxylic acid groups (broad SMARTS) is 1. The predicted octanol–water partition coefficient (Wildman–Crippen LogP) is 1.03. The van der Waals surface area contributed by atoms with Crippen LogP contribution >= 0.6 is 0 Å². The molecule has 0 unspecified atom stereocenters. The number of nitrogens with zero attached hydrogens (tertiary/aromatic N) is 2. The van der Waals surface area contributed by atoms with E-state index in [-0.39, 0.29) is 10.6 Å². The number of hydrogen-bond acceptors (Lipinski definition) is 5. The van der Waals surface area contributed by atoms with Crippen molar-refractivity contribution in [2.45, 2.75) is 18.4 Å². The zero-order valence-corrected chi connectivity index (χ0v) is 11.4. The fraction of sp³-hybridized carbons (Fsp3) is 0.455. The molecule has 0 aromatic carbocycles. The number of aromatic nitrogens is 1. The molecule has 100 valence electrons. The van der Waals surface area contributed by atoms with E-state index in [1.54, 1.807) is 11.9 Å². The summed E-state index contributed by atoms with van der Waals surface area (Å²) >= 11 is 0. The highest BCUT2D eigenvalue weighted by Crippen LogP contribution is 2.17. The number of pyridine rings is 1. The van der Waals surface area contributed by atoms with Gasteiger partial charge in [0.2, 0.25) is 0 Å². The van der Waals surface area contributed by atoms with E-state index in [0.29, 0.717) is 12.4 Å². The minimum Gasteiger partial charge on any atom is -0.478 e. The van der Waals surface area contributed by atoms with Crippen molar-refractivity contribution >= 4 is 21.6 Å². The van der Waals surface area contributed by atoms with Gasteiger partial charge in [0.25, 0.3) is 0 Å². The average molecular weight is 272 g/mol. The van der Waals surface area contributed by atoms with Gasteiger partial charge in [-0.1, -0.05) is 6.92 Å². The SMILES string of the molecule is CCCN(C)c1cc(C(=O)O)cc(S(C)(=O)=O)n1. The van der Waals surface area contributed by atoms with E-state index in [2.05, 4.69) is 4.98 Å². The molecule has 7 heteroatoms. The van der Waals surface area contributed by atoms with Gasteiger partial charge in [0.15, 0.2) is 14.9 Å². The van der Waals surface area contributed by atoms with Gasteiger partial charge in [-0.2, -0.15) is 0 Å². The molecular weight excluding hydrogens is 256 g/mol. The van der Waals surface area contributed by atoms with Gasteiger partial charge in [0.05, 0.1) is 5.56 Å². The second-order valence-electron chi connectivity index (χ2n) is 4.05. The van der Waals surface area contributed by atoms with E-state index in [4.69, 9.17) is 5.11 Å². The first-order valence-corrected chi connectivity index (χ1v) is 7.31. The maximum absolute atomic E-state index is 11.5. The summed E-state index contributed by atoms with van der Waals surface area (Å²) in [4.78, 5) is 16.7. The largest absolute Gasteiger partial charge is 0.478 e. The highest BCUT2D eigenvalue weighted by atomic mass is 32.2. The van der Waals surface area contributed by atoms with Gasteiger partial charge in [-0.05, 0) is 18.6 Å². The first-order valence-electron chi connectivity index (χ1n) is 5.42. The van der Waals surface area contributed by atoms with Crippen LogP contribution in [0.5, 0.6) is 0 Å². The molecule has 0 saturated heterocycles. The molecule has 0 amide bonds. The molecule has 0 aliphatic carbocycles. The minimum absolute atomic E-state index is 0.0802. The smallest absolute Gasteiger partial charge is 0.335 e. The molecule has 1 aromatic heterocycles. The van der Waals surface area contributed by atoms with Crippen LogP contribution in [0.25, 0.3) is 0 Å². The molecule has 1 N–H and O–H groups in total. The van der Waals surface area contributed by atoms with Gasteiger partial charge in [-0.15, -0.1) is 0 Å². The Hall–Kier alpha value is -1.63. The fourth-order valence-electron chi connectivity index (χ4n) is 1.45. The molecule has 1 rings (SSSR count). The van der Waals surface area contributed by atoms with Gasteiger partial charge >= 0.3 is 5.97 Å². The molecule has 1 aromatic rings. The van der Waals surface area contributed by atoms with Crippen LogP contribution in [0, 0.1) is 0 Å². The lowest BCUT2D eigenvalue weighted by molar-refractivity contribution is 0.0696. The molecule has 6 nitrogen and oxygen atoms in total. The molecule has 0 spiro atoms. The Kier molecular flexibility index (Phi) is 4.28. The van der Waals surface area contributed by atoms with Crippen LogP contribution in [0.2, 0.25) is 0 Å². The van der Waals surface area contributed by atoms with Crippen LogP contribution in [0.4, 0.5) is 5.82 Å². The summed E-state index contributed by atoms with van der Waals surface area (Å²) in [7, 11) is -1.79. The highest BCUT2D eigenvalue weighted by molar-refractivity contribution is 7.90. The topological polar surface area (TPSA) is 87.6 Å². The molecule has 0 aliphatic heterocycles. The second-order valence-corrected chi connectivity index (χ2v) is 6.01. The molecule has 0 saturated carbocycles. The van der Waals surface area contributed by atoms with Crippen molar-refractivity contribution in [1.29, 1.82) is 0 Å². The summed E-state index contributed by atoms with van der Waals surface area (Å²) < 4.78 is 22.9. The van der Waals surface area contributed by atoms with Crippen LogP contribution in [0.1, 0.15) is 23.7 Å². The summed E-state index contributed by atoms with van der Waals surface area (Å²) in [5, 5.41) is 8.75. The summed E-state index contributed by atoms with van der Waals surface area (Å²) in [5.74, 6) is -0.828. The van der Waals surface area contributed by atoms with E-state index in [1.807, 2.05) is 6.92 Å². The van der Waals surface area contributed by atoms with Gasteiger partial charge in [-0.25, -0.2) is 18.2 Å². The van der Waals surface area contributed by atoms with Crippen molar-refractivity contribution in [3.05, 3.63) is 17.7 Å². The first kappa shape index (κ1) is 14.4. The number of anilines is 1. The van der Waals surface area contributed by atoms with Crippen molar-refractivity contribution < 1.29 is 18.3 Å². The van der Waals surface area contributed by atoms with Crippen molar-refractivity contribution in [3.8, 4) is 0 Å². The van der Waals surface area contributed by atoms with Crippen LogP contribution < -0.4 is 4.90 Å². The Bertz CT molecular complexity index is 554. The zero-order valence-electron chi connectivity index (χ0n) is 10.5. The number of hydrogen-bond donors (Lipinski definition) is 1. The minimum atomic E-state index is -3.53. The number of rotatable bonds is 5. The maximum Gasteiger partial charge on any atom is 0.335 e. The third kappa shape index (κ3) is 3.43. The van der Waals surface area contributed by atoms with Crippen LogP contribution in [-0.2, 0) is 9.84 Å². The maximum atomic E-state index is 11.5. The average Bonchev–Trinajstić information content (AvgIpc) is 2.27. The Morgan fingerprint density at radius 3 is 2.50 bits per heavy atom. The molecule has 0 bridgehead atoms. The van der Waals surface area contributed by atoms with Gasteiger partial charge in [0.1, 0.15) is 5.82 Å². The van der Waals surface area contributed by atoms with E-state index >= 15 is 0 Å². The molecular formula is C11H16N2O4S. The van der Waals surface area contributed by atoms with Crippen molar-refractivity contribution in [1.82, 2.24) is 4.98 Å². The van der Waals surface area contributed by atoms with E-state index < -0.39 is 15.8 Å². The lowest BCUT2D eigenvalue weighted by Gasteiger charge is -2.18. The Labute approximate surface area is 106 Å². The van der Waals surface area contributed by atoms with Gasteiger partial charge in [0, 0.05) is 19.8 Å². The highest BCUT2D eigenvalue weighted by Gasteiger charge is 2.16. The number of sulfone groups is 1. The number of carboxylic acids is 1. The zero-order chi connectivity index (χ0) is 13.9. The molecule has 0 radical (unpaired) electrons. The first-order chi connectivity index (χ1) is 8.25. The predicted molar refractivity (Wildman–Crippen MR) is 67.9 cm³/mol. The van der Waals surface area contributed by atoms with Crippen molar-refractivity contribution in [2.75, 3.05) is 24.7 Å². The van der Waals surface area contributed by atoms with Crippen molar-refractivity contribution in [2.24, 2.45) is 0 Å². The summed E-state index contributed by atoms with van der Waals surface area (Å²) in [6.07, 6.45) is 1.86. The normalized spacial score (nSPS) is 11.3. The van der Waals surface area contributed by atoms with Crippen molar-refractivity contribution in [3.63, 3.8) is 0 Å². The fourth-order valence-corrected chi connectivity index (χ4v) is 2.05. The summed E-state index contributed by atoms with van der Waals surface area (Å²) in [6.45, 7) is 2.63. The summed E-state index contributed by atoms with van der Waals surface area (Å²) in [5.41, 5.74) is -0.0802. The third-order valence-corrected chi connectivity index (χ3v) is 3.33. The third-order valence-electron chi connectivity index (χ3n) is 2.37. The molecule has 0 atom stereocenters. The Morgan fingerprint density at radius 2 is 2.06 bits per heavy atom. The molecule has 0 fully saturated rings. The lowest BCUT2D eigenvalue weighted by atomic mass is 10.2. The molecule has 1 heterocycles. The molecule has 0 aliphatic rings. The van der Waals surface area contributed by atoms with Gasteiger partial charge < -0.3 is 10.0 Å². The van der Waals surface area contributed by atoms with E-state index in [1.165, 1.54) is 6.07 Å². The quantitative estimate of drug-likeness (QED) is 0.861. The number of carbonyl (C=O) groups is 1. The standard InChI is InChI=1S/C11H16N2O4S/c1-4-5-13(2)9-6-8(11(14)15)7-10(12-9)18(3,16)17/h6-7H,4-5H2,1-3H3,(H,14,15). The molecule has 18 heavy (non-hydrogen) atoms. The van der Waals surface area contributed by atoms with Crippen LogP contribution in [0.15, 0.2) is 17.2 Å². The van der Waals surface area contributed by atoms with E-state index in [0.717, 1.165) is 18.7 Å². The Balaban J connectivity index is 3.36. The number of aromatic carboxylic acids is 1.